The van der Waals surface area contributed by atoms with Gasteiger partial charge in [0.1, 0.15) is 0 Å². The summed E-state index contributed by atoms with van der Waals surface area (Å²) < 4.78 is 0. The number of allylic oxidation sites excluding steroid dienone is 1. The lowest BCUT2D eigenvalue weighted by Crippen LogP contribution is -2.37. The summed E-state index contributed by atoms with van der Waals surface area (Å²) in [7, 11) is 1.79. The van der Waals surface area contributed by atoms with Gasteiger partial charge in [0.15, 0.2) is 0 Å². The van der Waals surface area contributed by atoms with Crippen LogP contribution < -0.4 is 0 Å². The number of rotatable bonds is 1. The van der Waals surface area contributed by atoms with Crippen LogP contribution in [0.3, 0.4) is 0 Å². The fourth-order valence-electron chi connectivity index (χ4n) is 1.61. The summed E-state index contributed by atoms with van der Waals surface area (Å²) in [4.78, 5) is 10.6. The van der Waals surface area contributed by atoms with Crippen LogP contribution in [-0.4, -0.2) is 37.2 Å². The highest BCUT2D eigenvalue weighted by atomic mass is 15.3. The van der Waals surface area contributed by atoms with Gasteiger partial charge in [-0.1, -0.05) is 19.6 Å². The average Bonchev–Trinajstić information content (AvgIpc) is 2.21. The number of piperidine rings is 1. The molecule has 0 radical (unpaired) electrons. The first-order chi connectivity index (χ1) is 6.77. The highest BCUT2D eigenvalue weighted by Gasteiger charge is 2.17. The molecule has 3 nitrogen and oxygen atoms in total. The fourth-order valence-corrected chi connectivity index (χ4v) is 1.61. The van der Waals surface area contributed by atoms with Crippen molar-refractivity contribution < 1.29 is 0 Å². The summed E-state index contributed by atoms with van der Waals surface area (Å²) in [5.74, 6) is 1.67. The van der Waals surface area contributed by atoms with Gasteiger partial charge >= 0.3 is 0 Å². The van der Waals surface area contributed by atoms with Crippen LogP contribution in [0.4, 0.5) is 0 Å². The van der Waals surface area contributed by atoms with Gasteiger partial charge in [-0.05, 0) is 18.8 Å². The van der Waals surface area contributed by atoms with Gasteiger partial charge in [-0.15, -0.1) is 0 Å². The Morgan fingerprint density at radius 3 is 2.57 bits per heavy atom. The van der Waals surface area contributed by atoms with Crippen molar-refractivity contribution in [1.82, 2.24) is 4.90 Å². The van der Waals surface area contributed by atoms with Crippen LogP contribution in [0.15, 0.2) is 22.6 Å². The zero-order valence-corrected chi connectivity index (χ0v) is 9.11. The Morgan fingerprint density at radius 1 is 1.43 bits per heavy atom. The van der Waals surface area contributed by atoms with Crippen molar-refractivity contribution in [2.75, 3.05) is 20.1 Å². The Labute approximate surface area is 86.2 Å². The summed E-state index contributed by atoms with van der Waals surface area (Å²) in [5.41, 5.74) is 0. The highest BCUT2D eigenvalue weighted by Crippen LogP contribution is 2.16. The van der Waals surface area contributed by atoms with Gasteiger partial charge in [0.25, 0.3) is 0 Å². The van der Waals surface area contributed by atoms with Crippen molar-refractivity contribution in [2.45, 2.75) is 19.8 Å². The monoisotopic (exact) mass is 193 g/mol. The molecule has 1 heterocycles. The quantitative estimate of drug-likeness (QED) is 0.462. The lowest BCUT2D eigenvalue weighted by molar-refractivity contribution is 0.278. The maximum absolute atomic E-state index is 4.24. The second-order valence-corrected chi connectivity index (χ2v) is 3.71. The molecule has 0 amide bonds. The molecule has 0 unspecified atom stereocenters. The predicted octanol–water partition coefficient (Wildman–Crippen LogP) is 1.96. The lowest BCUT2D eigenvalue weighted by atomic mass is 10.00. The predicted molar refractivity (Wildman–Crippen MR) is 62.0 cm³/mol. The molecule has 1 rings (SSSR count). The standard InChI is InChI=1S/C11H19N3/c1-4-7-13-11(12-3)14-8-5-10(2)6-9-14/h4,7,10H,1,5-6,8-9H2,2-3H3/b12-11?,13-7-. The van der Waals surface area contributed by atoms with E-state index in [1.807, 2.05) is 0 Å². The number of aliphatic imine (C=N–C) groups is 2. The second-order valence-electron chi connectivity index (χ2n) is 3.71. The van der Waals surface area contributed by atoms with E-state index in [-0.39, 0.29) is 0 Å². The molecule has 0 aromatic carbocycles. The van der Waals surface area contributed by atoms with Crippen LogP contribution in [0.5, 0.6) is 0 Å². The summed E-state index contributed by atoms with van der Waals surface area (Å²) in [6.07, 6.45) is 5.85. The van der Waals surface area contributed by atoms with E-state index in [0.717, 1.165) is 25.0 Å². The van der Waals surface area contributed by atoms with E-state index in [1.165, 1.54) is 12.8 Å². The molecular formula is C11H19N3. The third kappa shape index (κ3) is 2.98. The molecule has 0 spiro atoms. The first kappa shape index (κ1) is 11.0. The molecule has 0 N–H and O–H groups in total. The van der Waals surface area contributed by atoms with Gasteiger partial charge in [-0.25, -0.2) is 4.99 Å². The minimum absolute atomic E-state index is 0.830. The lowest BCUT2D eigenvalue weighted by Gasteiger charge is -2.30. The molecule has 1 aliphatic heterocycles. The van der Waals surface area contributed by atoms with Crippen molar-refractivity contribution >= 4 is 12.2 Å². The molecule has 1 saturated heterocycles. The molecule has 3 heteroatoms. The molecule has 0 aliphatic carbocycles. The van der Waals surface area contributed by atoms with E-state index in [4.69, 9.17) is 0 Å². The van der Waals surface area contributed by atoms with Gasteiger partial charge in [-0.2, -0.15) is 0 Å². The Balaban J connectivity index is 2.54. The smallest absolute Gasteiger partial charge is 0.220 e. The fraction of sp³-hybridized carbons (Fsp3) is 0.636. The normalized spacial score (nSPS) is 20.4. The average molecular weight is 193 g/mol. The molecule has 0 aromatic heterocycles. The molecule has 0 atom stereocenters. The van der Waals surface area contributed by atoms with Crippen LogP contribution in [-0.2, 0) is 0 Å². The van der Waals surface area contributed by atoms with Crippen molar-refractivity contribution in [3.8, 4) is 0 Å². The summed E-state index contributed by atoms with van der Waals surface area (Å²) in [5, 5.41) is 0. The largest absolute Gasteiger partial charge is 0.341 e. The number of nitrogens with zero attached hydrogens (tertiary/aromatic N) is 3. The van der Waals surface area contributed by atoms with Crippen LogP contribution >= 0.6 is 0 Å². The molecule has 78 valence electrons. The number of hydrogen-bond donors (Lipinski definition) is 0. The van der Waals surface area contributed by atoms with Crippen molar-refractivity contribution in [2.24, 2.45) is 15.9 Å². The van der Waals surface area contributed by atoms with Gasteiger partial charge in [0.2, 0.25) is 5.96 Å². The van der Waals surface area contributed by atoms with E-state index >= 15 is 0 Å². The van der Waals surface area contributed by atoms with Crippen LogP contribution in [0.25, 0.3) is 0 Å². The van der Waals surface area contributed by atoms with E-state index in [0.29, 0.717) is 0 Å². The van der Waals surface area contributed by atoms with E-state index in [2.05, 4.69) is 28.4 Å². The molecular weight excluding hydrogens is 174 g/mol. The van der Waals surface area contributed by atoms with Gasteiger partial charge in [0.05, 0.1) is 0 Å². The number of hydrogen-bond acceptors (Lipinski definition) is 1. The number of guanidine groups is 1. The molecule has 0 saturated carbocycles. The van der Waals surface area contributed by atoms with Gasteiger partial charge in [-0.3, -0.25) is 4.99 Å². The first-order valence-electron chi connectivity index (χ1n) is 5.14. The Kier molecular flexibility index (Phi) is 4.36. The molecule has 1 fully saturated rings. The molecule has 14 heavy (non-hydrogen) atoms. The summed E-state index contributed by atoms with van der Waals surface area (Å²) in [6.45, 7) is 8.04. The zero-order chi connectivity index (χ0) is 10.4. The first-order valence-corrected chi connectivity index (χ1v) is 5.14. The minimum atomic E-state index is 0.830. The summed E-state index contributed by atoms with van der Waals surface area (Å²) in [6, 6.07) is 0. The van der Waals surface area contributed by atoms with Crippen molar-refractivity contribution in [1.29, 1.82) is 0 Å². The number of likely N-dealkylation sites (tertiary alicyclic amines) is 1. The van der Waals surface area contributed by atoms with Crippen LogP contribution in [0.1, 0.15) is 19.8 Å². The maximum Gasteiger partial charge on any atom is 0.220 e. The maximum atomic E-state index is 4.24. The zero-order valence-electron chi connectivity index (χ0n) is 9.11. The third-order valence-corrected chi connectivity index (χ3v) is 2.56. The highest BCUT2D eigenvalue weighted by molar-refractivity contribution is 5.90. The Morgan fingerprint density at radius 2 is 2.07 bits per heavy atom. The minimum Gasteiger partial charge on any atom is -0.341 e. The Hall–Kier alpha value is -1.12. The molecule has 1 aliphatic rings. The second kappa shape index (κ2) is 5.58. The van der Waals surface area contributed by atoms with Crippen LogP contribution in [0, 0.1) is 5.92 Å². The molecule has 0 aromatic rings. The SMILES string of the molecule is C=C/C=N\C(=NC)N1CCC(C)CC1. The van der Waals surface area contributed by atoms with Gasteiger partial charge in [0, 0.05) is 26.4 Å². The molecule has 0 bridgehead atoms. The van der Waals surface area contributed by atoms with E-state index in [1.54, 1.807) is 19.3 Å². The van der Waals surface area contributed by atoms with Gasteiger partial charge < -0.3 is 4.90 Å². The summed E-state index contributed by atoms with van der Waals surface area (Å²) >= 11 is 0. The third-order valence-electron chi connectivity index (χ3n) is 2.56. The van der Waals surface area contributed by atoms with Crippen molar-refractivity contribution in [3.63, 3.8) is 0 Å². The van der Waals surface area contributed by atoms with Crippen molar-refractivity contribution in [3.05, 3.63) is 12.7 Å². The van der Waals surface area contributed by atoms with E-state index in [9.17, 15) is 0 Å². The van der Waals surface area contributed by atoms with E-state index < -0.39 is 0 Å². The van der Waals surface area contributed by atoms with Crippen LogP contribution in [0.2, 0.25) is 0 Å². The topological polar surface area (TPSA) is 28.0 Å². The Bertz CT molecular complexity index is 235.